The summed E-state index contributed by atoms with van der Waals surface area (Å²) in [5.41, 5.74) is 0. The highest BCUT2D eigenvalue weighted by Crippen LogP contribution is 2.31. The Hall–Kier alpha value is -1.40. The number of likely N-dealkylation sites (tertiary alicyclic amines) is 1. The molecule has 1 aromatic carbocycles. The lowest BCUT2D eigenvalue weighted by atomic mass is 10.00. The number of benzene rings is 1. The second-order valence-electron chi connectivity index (χ2n) is 6.60. The lowest BCUT2D eigenvalue weighted by Gasteiger charge is -2.35. The van der Waals surface area contributed by atoms with Gasteiger partial charge in [-0.15, -0.1) is 11.8 Å². The van der Waals surface area contributed by atoms with Crippen molar-refractivity contribution in [1.82, 2.24) is 10.2 Å². The van der Waals surface area contributed by atoms with Gasteiger partial charge in [0.05, 0.1) is 20.0 Å². The van der Waals surface area contributed by atoms with Crippen LogP contribution >= 0.6 is 11.8 Å². The first kappa shape index (κ1) is 20.9. The molecule has 146 valence electrons. The van der Waals surface area contributed by atoms with Gasteiger partial charge in [0, 0.05) is 24.0 Å². The van der Waals surface area contributed by atoms with Crippen LogP contribution in [0.1, 0.15) is 39.0 Å². The van der Waals surface area contributed by atoms with Gasteiger partial charge in [-0.2, -0.15) is 0 Å². The van der Waals surface area contributed by atoms with Gasteiger partial charge in [0.15, 0.2) is 11.5 Å². The Balaban J connectivity index is 1.66. The van der Waals surface area contributed by atoms with Gasteiger partial charge in [0.1, 0.15) is 0 Å². The van der Waals surface area contributed by atoms with Crippen LogP contribution in [0.5, 0.6) is 11.5 Å². The molecule has 1 aliphatic heterocycles. The summed E-state index contributed by atoms with van der Waals surface area (Å²) >= 11 is 1.51. The molecule has 0 radical (unpaired) electrons. The van der Waals surface area contributed by atoms with Gasteiger partial charge in [-0.1, -0.05) is 13.3 Å². The Morgan fingerprint density at radius 1 is 1.27 bits per heavy atom. The van der Waals surface area contributed by atoms with Crippen LogP contribution in [0.4, 0.5) is 0 Å². The number of nitrogens with one attached hydrogen (secondary N) is 1. The number of hydrogen-bond donors (Lipinski definition) is 1. The van der Waals surface area contributed by atoms with Crippen molar-refractivity contribution >= 4 is 17.7 Å². The van der Waals surface area contributed by atoms with E-state index in [0.717, 1.165) is 30.4 Å². The Kier molecular flexibility index (Phi) is 9.12. The number of nitrogens with zero attached hydrogens (tertiary/aromatic N) is 1. The lowest BCUT2D eigenvalue weighted by Crippen LogP contribution is -2.40. The quantitative estimate of drug-likeness (QED) is 0.497. The Morgan fingerprint density at radius 2 is 2.08 bits per heavy atom. The van der Waals surface area contributed by atoms with Crippen LogP contribution in [-0.4, -0.2) is 56.5 Å². The lowest BCUT2D eigenvalue weighted by molar-refractivity contribution is -0.118. The largest absolute Gasteiger partial charge is 0.493 e. The van der Waals surface area contributed by atoms with Crippen LogP contribution in [0.3, 0.4) is 0 Å². The van der Waals surface area contributed by atoms with Gasteiger partial charge in [0.25, 0.3) is 0 Å². The van der Waals surface area contributed by atoms with E-state index >= 15 is 0 Å². The molecule has 1 N–H and O–H groups in total. The average Bonchev–Trinajstić information content (AvgIpc) is 2.69. The van der Waals surface area contributed by atoms with Crippen molar-refractivity contribution in [3.05, 3.63) is 18.2 Å². The highest BCUT2D eigenvalue weighted by Gasteiger charge is 2.19. The molecule has 5 nitrogen and oxygen atoms in total. The van der Waals surface area contributed by atoms with Crippen LogP contribution in [0.15, 0.2) is 23.1 Å². The predicted octanol–water partition coefficient (Wildman–Crippen LogP) is 3.57. The van der Waals surface area contributed by atoms with E-state index in [1.165, 1.54) is 44.0 Å². The van der Waals surface area contributed by atoms with Crippen molar-refractivity contribution < 1.29 is 14.3 Å². The van der Waals surface area contributed by atoms with Crippen molar-refractivity contribution in [3.63, 3.8) is 0 Å². The van der Waals surface area contributed by atoms with Gasteiger partial charge >= 0.3 is 0 Å². The molecule has 1 fully saturated rings. The van der Waals surface area contributed by atoms with E-state index in [1.54, 1.807) is 14.2 Å². The Labute approximate surface area is 161 Å². The smallest absolute Gasteiger partial charge is 0.230 e. The van der Waals surface area contributed by atoms with Crippen LogP contribution < -0.4 is 14.8 Å². The summed E-state index contributed by atoms with van der Waals surface area (Å²) in [7, 11) is 3.23. The van der Waals surface area contributed by atoms with Gasteiger partial charge in [-0.05, 0) is 50.4 Å². The minimum absolute atomic E-state index is 0.0791. The first-order valence-electron chi connectivity index (χ1n) is 9.53. The number of amides is 1. The normalized spacial score (nSPS) is 17.7. The molecule has 1 heterocycles. The van der Waals surface area contributed by atoms with E-state index in [4.69, 9.17) is 9.47 Å². The van der Waals surface area contributed by atoms with Crippen LogP contribution in [-0.2, 0) is 4.79 Å². The second-order valence-corrected chi connectivity index (χ2v) is 7.65. The molecule has 1 amide bonds. The minimum atomic E-state index is 0.0791. The maximum Gasteiger partial charge on any atom is 0.230 e. The van der Waals surface area contributed by atoms with Crippen LogP contribution in [0.25, 0.3) is 0 Å². The number of hydrogen-bond acceptors (Lipinski definition) is 5. The molecule has 1 saturated heterocycles. The molecule has 0 bridgehead atoms. The molecule has 26 heavy (non-hydrogen) atoms. The Bertz CT molecular complexity index is 568. The molecular weight excluding hydrogens is 348 g/mol. The molecule has 0 unspecified atom stereocenters. The number of ether oxygens (including phenoxy) is 2. The molecule has 1 aromatic rings. The second kappa shape index (κ2) is 11.3. The van der Waals surface area contributed by atoms with E-state index in [1.807, 2.05) is 18.2 Å². The molecule has 0 saturated carbocycles. The summed E-state index contributed by atoms with van der Waals surface area (Å²) in [4.78, 5) is 15.7. The Morgan fingerprint density at radius 3 is 2.81 bits per heavy atom. The van der Waals surface area contributed by atoms with E-state index in [9.17, 15) is 4.79 Å². The van der Waals surface area contributed by atoms with Crippen molar-refractivity contribution in [3.8, 4) is 11.5 Å². The number of piperidine rings is 1. The fourth-order valence-electron chi connectivity index (χ4n) is 3.43. The highest BCUT2D eigenvalue weighted by molar-refractivity contribution is 8.00. The zero-order valence-corrected chi connectivity index (χ0v) is 17.1. The molecule has 6 heteroatoms. The van der Waals surface area contributed by atoms with Crippen LogP contribution in [0.2, 0.25) is 0 Å². The zero-order chi connectivity index (χ0) is 18.8. The maximum atomic E-state index is 12.1. The van der Waals surface area contributed by atoms with Gasteiger partial charge in [0.2, 0.25) is 5.91 Å². The number of carbonyl (C=O) groups excluding carboxylic acids is 1. The zero-order valence-electron chi connectivity index (χ0n) is 16.3. The third-order valence-electron chi connectivity index (χ3n) is 4.89. The molecule has 1 aliphatic rings. The fourth-order valence-corrected chi connectivity index (χ4v) is 4.19. The molecule has 0 aromatic heterocycles. The number of carbonyl (C=O) groups is 1. The van der Waals surface area contributed by atoms with E-state index in [0.29, 0.717) is 17.3 Å². The third-order valence-corrected chi connectivity index (χ3v) is 5.88. The summed E-state index contributed by atoms with van der Waals surface area (Å²) in [5.74, 6) is 1.88. The topological polar surface area (TPSA) is 50.8 Å². The van der Waals surface area contributed by atoms with Gasteiger partial charge in [-0.25, -0.2) is 0 Å². The third kappa shape index (κ3) is 6.40. The van der Waals surface area contributed by atoms with E-state index in [-0.39, 0.29) is 5.91 Å². The molecule has 0 spiro atoms. The summed E-state index contributed by atoms with van der Waals surface area (Å²) in [6.07, 6.45) is 6.24. The maximum absolute atomic E-state index is 12.1. The first-order valence-corrected chi connectivity index (χ1v) is 10.5. The summed E-state index contributed by atoms with van der Waals surface area (Å²) in [6, 6.07) is 6.44. The first-order chi connectivity index (χ1) is 12.7. The monoisotopic (exact) mass is 380 g/mol. The number of methoxy groups -OCH3 is 2. The van der Waals surface area contributed by atoms with Crippen LogP contribution in [0, 0.1) is 0 Å². The summed E-state index contributed by atoms with van der Waals surface area (Å²) in [6.45, 7) is 5.32. The van der Waals surface area contributed by atoms with Crippen molar-refractivity contribution in [2.75, 3.05) is 39.6 Å². The SMILES string of the molecule is CC[C@@H]1CCCCN1CCCNC(=O)CSc1ccc(OC)c(OC)c1. The molecule has 1 atom stereocenters. The number of rotatable bonds is 10. The number of thioether (sulfide) groups is 1. The molecule has 0 aliphatic carbocycles. The van der Waals surface area contributed by atoms with Crippen molar-refractivity contribution in [1.29, 1.82) is 0 Å². The van der Waals surface area contributed by atoms with E-state index in [2.05, 4.69) is 17.1 Å². The van der Waals surface area contributed by atoms with Crippen molar-refractivity contribution in [2.24, 2.45) is 0 Å². The highest BCUT2D eigenvalue weighted by atomic mass is 32.2. The fraction of sp³-hybridized carbons (Fsp3) is 0.650. The van der Waals surface area contributed by atoms with Gasteiger partial charge < -0.3 is 19.7 Å². The summed E-state index contributed by atoms with van der Waals surface area (Å²) in [5, 5.41) is 3.03. The van der Waals surface area contributed by atoms with Crippen molar-refractivity contribution in [2.45, 2.75) is 50.0 Å². The van der Waals surface area contributed by atoms with Gasteiger partial charge in [-0.3, -0.25) is 4.79 Å². The predicted molar refractivity (Wildman–Crippen MR) is 107 cm³/mol. The standard InChI is InChI=1S/C20H32N2O3S/c1-4-16-8-5-6-12-22(16)13-7-11-21-20(23)15-26-17-9-10-18(24-2)19(14-17)25-3/h9-10,14,16H,4-8,11-13,15H2,1-3H3,(H,21,23)/t16-/m1/s1. The summed E-state index contributed by atoms with van der Waals surface area (Å²) < 4.78 is 10.5. The van der Waals surface area contributed by atoms with E-state index < -0.39 is 0 Å². The minimum Gasteiger partial charge on any atom is -0.493 e. The molecular formula is C20H32N2O3S. The molecule has 2 rings (SSSR count). The average molecular weight is 381 g/mol.